The molecule has 9 nitrogen and oxygen atoms in total. The summed E-state index contributed by atoms with van der Waals surface area (Å²) in [5.74, 6) is 0.416. The summed E-state index contributed by atoms with van der Waals surface area (Å²) in [7, 11) is 1.35. The Morgan fingerprint density at radius 2 is 1.82 bits per heavy atom. The highest BCUT2D eigenvalue weighted by Gasteiger charge is 2.25. The predicted octanol–water partition coefficient (Wildman–Crippen LogP) is 6.33. The lowest BCUT2D eigenvalue weighted by atomic mass is 9.96. The monoisotopic (exact) mass is 529 g/mol. The summed E-state index contributed by atoms with van der Waals surface area (Å²) in [6.07, 6.45) is 6.37. The van der Waals surface area contributed by atoms with E-state index in [1.54, 1.807) is 0 Å². The van der Waals surface area contributed by atoms with E-state index in [0.29, 0.717) is 22.6 Å². The number of nitrogens with zero attached hydrogens (tertiary/aromatic N) is 5. The first-order valence-electron chi connectivity index (χ1n) is 12.5. The third-order valence-corrected chi connectivity index (χ3v) is 7.07. The summed E-state index contributed by atoms with van der Waals surface area (Å²) >= 11 is 6.78. The number of nitrogens with two attached hydrogens (primary N) is 1. The molecule has 1 aliphatic rings. The number of halogens is 1. The molecule has 0 aliphatic heterocycles. The van der Waals surface area contributed by atoms with Crippen LogP contribution in [-0.2, 0) is 0 Å². The van der Waals surface area contributed by atoms with Gasteiger partial charge in [-0.05, 0) is 31.0 Å². The number of amides is 1. The maximum absolute atomic E-state index is 9.26. The van der Waals surface area contributed by atoms with E-state index in [1.165, 1.54) is 32.6 Å². The van der Waals surface area contributed by atoms with Gasteiger partial charge in [-0.25, -0.2) is 24.4 Å². The molecule has 1 saturated carbocycles. The number of hydrogen-bond acceptors (Lipinski definition) is 6. The van der Waals surface area contributed by atoms with Gasteiger partial charge in [0.15, 0.2) is 5.65 Å². The zero-order chi connectivity index (χ0) is 26.6. The van der Waals surface area contributed by atoms with Crippen molar-refractivity contribution in [2.24, 2.45) is 0 Å². The fraction of sp³-hybridized carbons (Fsp3) is 0.250. The van der Waals surface area contributed by atoms with Gasteiger partial charge >= 0.3 is 6.09 Å². The summed E-state index contributed by atoms with van der Waals surface area (Å²) in [5.41, 5.74) is 11.5. The van der Waals surface area contributed by atoms with E-state index in [9.17, 15) is 4.79 Å². The van der Waals surface area contributed by atoms with Crippen LogP contribution >= 0.6 is 11.6 Å². The minimum Gasteiger partial charge on any atom is -0.465 e. The third-order valence-electron chi connectivity index (χ3n) is 6.76. The van der Waals surface area contributed by atoms with Crippen LogP contribution in [0.3, 0.4) is 0 Å². The Morgan fingerprint density at radius 3 is 2.53 bits per heavy atom. The quantitative estimate of drug-likeness (QED) is 0.248. The first kappa shape index (κ1) is 25.4. The molecule has 0 radical (unpaired) electrons. The van der Waals surface area contributed by atoms with E-state index in [4.69, 9.17) is 32.5 Å². The molecule has 0 saturated heterocycles. The number of rotatable bonds is 3. The average molecular weight is 530 g/mol. The van der Waals surface area contributed by atoms with Crippen LogP contribution in [0.5, 0.6) is 0 Å². The smallest absolute Gasteiger partial charge is 0.404 e. The molecule has 3 aromatic heterocycles. The van der Waals surface area contributed by atoms with Crippen molar-refractivity contribution in [3.8, 4) is 22.5 Å². The topological polar surface area (TPSA) is 132 Å². The zero-order valence-electron chi connectivity index (χ0n) is 20.9. The van der Waals surface area contributed by atoms with Crippen LogP contribution in [0.25, 0.3) is 44.5 Å². The number of hydrogen-bond donors (Lipinski definition) is 3. The number of benzene rings is 2. The summed E-state index contributed by atoms with van der Waals surface area (Å²) in [5, 5.41) is 16.9. The standard InChI is InChI=1S/C26H23ClN6.C2H5NO2/c27-20-13-17-11-12-21(16-7-3-1-4-8-16)31-22(17)14-19(20)24-23-25(28)29-15-30-26(23)33(32-24)18-9-5-2-6-10-18;1-3-2(4)5/h1,3-4,7-8,11-15,18H,2,5-6,9-10H2,(H2,28,29,30);3H,1H3,(H,4,5). The Kier molecular flexibility index (Phi) is 7.37. The molecule has 194 valence electrons. The van der Waals surface area contributed by atoms with Gasteiger partial charge in [-0.2, -0.15) is 5.10 Å². The van der Waals surface area contributed by atoms with Gasteiger partial charge in [-0.15, -0.1) is 0 Å². The first-order valence-corrected chi connectivity index (χ1v) is 12.9. The van der Waals surface area contributed by atoms with Crippen molar-refractivity contribution in [1.29, 1.82) is 0 Å². The molecule has 1 aliphatic carbocycles. The van der Waals surface area contributed by atoms with Gasteiger partial charge in [0.05, 0.1) is 27.7 Å². The molecule has 10 heteroatoms. The highest BCUT2D eigenvalue weighted by Crippen LogP contribution is 2.39. The van der Waals surface area contributed by atoms with E-state index in [-0.39, 0.29) is 0 Å². The molecule has 3 heterocycles. The van der Waals surface area contributed by atoms with Gasteiger partial charge < -0.3 is 16.2 Å². The molecule has 38 heavy (non-hydrogen) atoms. The minimum absolute atomic E-state index is 0.311. The van der Waals surface area contributed by atoms with E-state index >= 15 is 0 Å². The fourth-order valence-electron chi connectivity index (χ4n) is 4.86. The number of pyridine rings is 1. The number of anilines is 1. The molecule has 0 atom stereocenters. The number of aromatic nitrogens is 5. The van der Waals surface area contributed by atoms with Crippen molar-refractivity contribution < 1.29 is 9.90 Å². The summed E-state index contributed by atoms with van der Waals surface area (Å²) in [6, 6.07) is 18.5. The number of nitrogen functional groups attached to an aromatic ring is 1. The second-order valence-corrected chi connectivity index (χ2v) is 9.59. The van der Waals surface area contributed by atoms with E-state index < -0.39 is 6.09 Å². The maximum Gasteiger partial charge on any atom is 0.404 e. The zero-order valence-corrected chi connectivity index (χ0v) is 21.7. The highest BCUT2D eigenvalue weighted by molar-refractivity contribution is 6.34. The lowest BCUT2D eigenvalue weighted by molar-refractivity contribution is 0.197. The second-order valence-electron chi connectivity index (χ2n) is 9.18. The van der Waals surface area contributed by atoms with Gasteiger partial charge in [-0.3, -0.25) is 0 Å². The van der Waals surface area contributed by atoms with Crippen molar-refractivity contribution >= 4 is 45.4 Å². The molecule has 1 amide bonds. The average Bonchev–Trinajstić information content (AvgIpc) is 3.34. The number of fused-ring (bicyclic) bond motifs is 2. The predicted molar refractivity (Wildman–Crippen MR) is 150 cm³/mol. The molecule has 1 fully saturated rings. The molecule has 2 aromatic carbocycles. The van der Waals surface area contributed by atoms with Crippen LogP contribution in [-0.4, -0.2) is 43.0 Å². The van der Waals surface area contributed by atoms with Gasteiger partial charge in [0, 0.05) is 23.6 Å². The fourth-order valence-corrected chi connectivity index (χ4v) is 5.12. The van der Waals surface area contributed by atoms with E-state index in [2.05, 4.69) is 28.2 Å². The SMILES string of the molecule is CNC(=O)O.Nc1ncnc2c1c(-c1cc3nc(-c4ccccc4)ccc3cc1Cl)nn2C1CCCCC1. The van der Waals surface area contributed by atoms with E-state index in [0.717, 1.165) is 51.6 Å². The number of nitrogens with one attached hydrogen (secondary N) is 1. The molecule has 6 rings (SSSR count). The summed E-state index contributed by atoms with van der Waals surface area (Å²) in [4.78, 5) is 23.0. The number of carbonyl (C=O) groups is 1. The highest BCUT2D eigenvalue weighted by atomic mass is 35.5. The molecule has 0 spiro atoms. The van der Waals surface area contributed by atoms with Crippen molar-refractivity contribution in [2.75, 3.05) is 12.8 Å². The van der Waals surface area contributed by atoms with Crippen molar-refractivity contribution in [1.82, 2.24) is 30.0 Å². The Balaban J connectivity index is 0.000000540. The van der Waals surface area contributed by atoms with Crippen molar-refractivity contribution in [3.63, 3.8) is 0 Å². The first-order chi connectivity index (χ1) is 18.5. The van der Waals surface area contributed by atoms with Crippen LogP contribution < -0.4 is 11.1 Å². The Morgan fingerprint density at radius 1 is 1.08 bits per heavy atom. The largest absolute Gasteiger partial charge is 0.465 e. The van der Waals surface area contributed by atoms with Crippen LogP contribution in [0.4, 0.5) is 10.6 Å². The van der Waals surface area contributed by atoms with Gasteiger partial charge in [0.1, 0.15) is 17.8 Å². The number of carboxylic acid groups (broad SMARTS) is 1. The molecular formula is C28H28ClN7O2. The Bertz CT molecular complexity index is 1600. The molecule has 0 bridgehead atoms. The van der Waals surface area contributed by atoms with Crippen LogP contribution in [0.15, 0.2) is 60.9 Å². The van der Waals surface area contributed by atoms with Crippen LogP contribution in [0.2, 0.25) is 5.02 Å². The van der Waals surface area contributed by atoms with Gasteiger partial charge in [-0.1, -0.05) is 67.3 Å². The Hall–Kier alpha value is -4.24. The third kappa shape index (κ3) is 5.10. The molecule has 0 unspecified atom stereocenters. The molecular weight excluding hydrogens is 502 g/mol. The normalized spacial score (nSPS) is 13.7. The van der Waals surface area contributed by atoms with Gasteiger partial charge in [0.2, 0.25) is 0 Å². The summed E-state index contributed by atoms with van der Waals surface area (Å²) < 4.78 is 2.04. The molecule has 5 aromatic rings. The van der Waals surface area contributed by atoms with Crippen molar-refractivity contribution in [3.05, 3.63) is 65.9 Å². The van der Waals surface area contributed by atoms with Crippen LogP contribution in [0, 0.1) is 0 Å². The second kappa shape index (κ2) is 11.0. The molecule has 4 N–H and O–H groups in total. The Labute approximate surface area is 224 Å². The lowest BCUT2D eigenvalue weighted by Gasteiger charge is -2.22. The maximum atomic E-state index is 9.26. The minimum atomic E-state index is -0.995. The van der Waals surface area contributed by atoms with E-state index in [1.807, 2.05) is 46.4 Å². The van der Waals surface area contributed by atoms with Crippen LogP contribution in [0.1, 0.15) is 38.1 Å². The van der Waals surface area contributed by atoms with Crippen molar-refractivity contribution in [2.45, 2.75) is 38.1 Å². The summed E-state index contributed by atoms with van der Waals surface area (Å²) in [6.45, 7) is 0. The lowest BCUT2D eigenvalue weighted by Crippen LogP contribution is -2.14. The van der Waals surface area contributed by atoms with Gasteiger partial charge in [0.25, 0.3) is 0 Å².